The zero-order chi connectivity index (χ0) is 13.9. The molecule has 0 unspecified atom stereocenters. The molecule has 0 saturated heterocycles. The maximum atomic E-state index is 2.39. The first-order valence-electron chi connectivity index (χ1n) is 7.23. The average Bonchev–Trinajstić information content (AvgIpc) is 2.69. The van der Waals surface area contributed by atoms with Gasteiger partial charge >= 0.3 is 0 Å². The number of hydrogen-bond acceptors (Lipinski definition) is 0. The van der Waals surface area contributed by atoms with Gasteiger partial charge in [0, 0.05) is 5.41 Å². The van der Waals surface area contributed by atoms with Crippen molar-refractivity contribution in [2.24, 2.45) is 0 Å². The van der Waals surface area contributed by atoms with E-state index < -0.39 is 0 Å². The van der Waals surface area contributed by atoms with Crippen molar-refractivity contribution < 1.29 is 0 Å². The summed E-state index contributed by atoms with van der Waals surface area (Å²) in [6.45, 7) is 6.90. The van der Waals surface area contributed by atoms with E-state index in [9.17, 15) is 0 Å². The van der Waals surface area contributed by atoms with Crippen LogP contribution in [0.25, 0.3) is 21.9 Å². The van der Waals surface area contributed by atoms with E-state index in [4.69, 9.17) is 0 Å². The van der Waals surface area contributed by atoms with Crippen molar-refractivity contribution in [3.8, 4) is 11.1 Å². The molecule has 1 aliphatic carbocycles. The van der Waals surface area contributed by atoms with Crippen LogP contribution in [0.15, 0.2) is 54.6 Å². The van der Waals surface area contributed by atoms with E-state index in [2.05, 4.69) is 75.4 Å². The molecule has 3 aromatic rings. The van der Waals surface area contributed by atoms with Crippen molar-refractivity contribution in [2.75, 3.05) is 0 Å². The van der Waals surface area contributed by atoms with Gasteiger partial charge in [0.1, 0.15) is 0 Å². The van der Waals surface area contributed by atoms with Crippen molar-refractivity contribution in [3.63, 3.8) is 0 Å². The molecule has 0 fully saturated rings. The molecule has 21 heavy (non-hydrogen) atoms. The summed E-state index contributed by atoms with van der Waals surface area (Å²) in [5.41, 5.74) is 7.23. The third-order valence-corrected chi connectivity index (χ3v) is 4.79. The summed E-state index contributed by atoms with van der Waals surface area (Å²) >= 11 is 0. The van der Waals surface area contributed by atoms with Crippen LogP contribution in [0.3, 0.4) is 0 Å². The molecule has 0 N–H and O–H groups in total. The van der Waals surface area contributed by atoms with Gasteiger partial charge in [-0.15, -0.1) is 0 Å². The number of rotatable bonds is 0. The van der Waals surface area contributed by atoms with Gasteiger partial charge in [0.25, 0.3) is 0 Å². The van der Waals surface area contributed by atoms with Crippen LogP contribution in [0.4, 0.5) is 0 Å². The Bertz CT molecular complexity index is 838. The highest BCUT2D eigenvalue weighted by molar-refractivity contribution is 6.03. The maximum absolute atomic E-state index is 2.39. The summed E-state index contributed by atoms with van der Waals surface area (Å²) in [4.78, 5) is 0. The number of benzene rings is 3. The Hall–Kier alpha value is -2.08. The van der Waals surface area contributed by atoms with Crippen LogP contribution in [0.2, 0.25) is 0 Å². The monoisotopic (exact) mass is 274 g/mol. The Morgan fingerprint density at radius 2 is 1.38 bits per heavy atom. The topological polar surface area (TPSA) is 0 Å². The van der Waals surface area contributed by atoms with Gasteiger partial charge in [-0.3, -0.25) is 0 Å². The van der Waals surface area contributed by atoms with Gasteiger partial charge in [-0.1, -0.05) is 75.9 Å². The normalized spacial score (nSPS) is 14.4. The van der Waals surface area contributed by atoms with E-state index in [0.717, 1.165) is 0 Å². The molecule has 1 aliphatic rings. The predicted molar refractivity (Wildman–Crippen MR) is 93.0 cm³/mol. The summed E-state index contributed by atoms with van der Waals surface area (Å²) < 4.78 is 0. The lowest BCUT2D eigenvalue weighted by Gasteiger charge is -2.22. The maximum Gasteiger partial charge on any atom is 0.0159 e. The van der Waals surface area contributed by atoms with E-state index >= 15 is 0 Å². The van der Waals surface area contributed by atoms with Crippen molar-refractivity contribution in [3.05, 3.63) is 71.3 Å². The molecular formula is C21H22. The van der Waals surface area contributed by atoms with Crippen LogP contribution < -0.4 is 0 Å². The molecule has 0 heteroatoms. The van der Waals surface area contributed by atoms with Gasteiger partial charge in [-0.05, 0) is 45.5 Å². The second kappa shape index (κ2) is 4.46. The average molecular weight is 274 g/mol. The van der Waals surface area contributed by atoms with Crippen LogP contribution >= 0.6 is 0 Å². The molecule has 0 nitrogen and oxygen atoms in total. The smallest absolute Gasteiger partial charge is 0.0159 e. The highest BCUT2D eigenvalue weighted by Gasteiger charge is 2.36. The van der Waals surface area contributed by atoms with Crippen molar-refractivity contribution >= 4 is 10.8 Å². The highest BCUT2D eigenvalue weighted by Crippen LogP contribution is 2.51. The summed E-state index contributed by atoms with van der Waals surface area (Å²) in [6, 6.07) is 20.0. The molecule has 3 aromatic carbocycles. The van der Waals surface area contributed by atoms with E-state index in [0.29, 0.717) is 0 Å². The van der Waals surface area contributed by atoms with Crippen LogP contribution in [0.5, 0.6) is 0 Å². The molecule has 0 atom stereocenters. The highest BCUT2D eigenvalue weighted by atomic mass is 14.4. The SMILES string of the molecule is C.Cc1cc2c(c3ccccc13)-c1ccccc1C2(C)C. The number of aryl methyl sites for hydroxylation is 1. The van der Waals surface area contributed by atoms with Gasteiger partial charge in [0.15, 0.2) is 0 Å². The van der Waals surface area contributed by atoms with Gasteiger partial charge in [-0.2, -0.15) is 0 Å². The van der Waals surface area contributed by atoms with E-state index in [1.807, 2.05) is 0 Å². The second-order valence-electron chi connectivity index (χ2n) is 6.33. The Balaban J connectivity index is 0.00000132. The molecule has 0 aromatic heterocycles. The fourth-order valence-electron chi connectivity index (χ4n) is 3.73. The lowest BCUT2D eigenvalue weighted by Crippen LogP contribution is -2.15. The Morgan fingerprint density at radius 3 is 2.14 bits per heavy atom. The van der Waals surface area contributed by atoms with E-state index in [1.165, 1.54) is 38.6 Å². The third kappa shape index (κ3) is 1.68. The van der Waals surface area contributed by atoms with Crippen molar-refractivity contribution in [2.45, 2.75) is 33.6 Å². The number of hydrogen-bond donors (Lipinski definition) is 0. The molecular weight excluding hydrogens is 252 g/mol. The zero-order valence-electron chi connectivity index (χ0n) is 12.2. The zero-order valence-corrected chi connectivity index (χ0v) is 12.2. The Kier molecular flexibility index (Phi) is 2.95. The fraction of sp³-hybridized carbons (Fsp3) is 0.238. The van der Waals surface area contributed by atoms with Crippen LogP contribution in [-0.4, -0.2) is 0 Å². The number of fused-ring (bicyclic) bond motifs is 5. The molecule has 0 heterocycles. The van der Waals surface area contributed by atoms with E-state index in [1.54, 1.807) is 0 Å². The summed E-state index contributed by atoms with van der Waals surface area (Å²) in [5.74, 6) is 0. The van der Waals surface area contributed by atoms with Crippen LogP contribution in [0.1, 0.15) is 38.0 Å². The lowest BCUT2D eigenvalue weighted by atomic mass is 9.81. The standard InChI is InChI=1S/C20H18.CH4/c1-13-12-18-19(15-9-5-4-8-14(13)15)16-10-6-7-11-17(16)20(18,2)3;/h4-12H,1-3H3;1H4. The molecule has 0 aliphatic heterocycles. The van der Waals surface area contributed by atoms with Gasteiger partial charge in [0.2, 0.25) is 0 Å². The van der Waals surface area contributed by atoms with Gasteiger partial charge in [0.05, 0.1) is 0 Å². The summed E-state index contributed by atoms with van der Waals surface area (Å²) in [7, 11) is 0. The second-order valence-corrected chi connectivity index (χ2v) is 6.33. The molecule has 0 bridgehead atoms. The molecule has 0 amide bonds. The van der Waals surface area contributed by atoms with Crippen molar-refractivity contribution in [1.82, 2.24) is 0 Å². The van der Waals surface area contributed by atoms with Crippen molar-refractivity contribution in [1.29, 1.82) is 0 Å². The summed E-state index contributed by atoms with van der Waals surface area (Å²) in [6.07, 6.45) is 0. The van der Waals surface area contributed by atoms with E-state index in [-0.39, 0.29) is 12.8 Å². The first kappa shape index (κ1) is 13.9. The lowest BCUT2D eigenvalue weighted by molar-refractivity contribution is 0.660. The molecule has 0 spiro atoms. The molecule has 4 rings (SSSR count). The first-order valence-corrected chi connectivity index (χ1v) is 7.23. The minimum Gasteiger partial charge on any atom is -0.0776 e. The molecule has 0 radical (unpaired) electrons. The van der Waals surface area contributed by atoms with Gasteiger partial charge in [-0.25, -0.2) is 0 Å². The summed E-state index contributed by atoms with van der Waals surface area (Å²) in [5, 5.41) is 2.76. The first-order chi connectivity index (χ1) is 9.60. The fourth-order valence-corrected chi connectivity index (χ4v) is 3.73. The molecule has 106 valence electrons. The predicted octanol–water partition coefficient (Wildman–Crippen LogP) is 6.09. The Labute approximate surface area is 127 Å². The largest absolute Gasteiger partial charge is 0.0776 e. The Morgan fingerprint density at radius 1 is 0.762 bits per heavy atom. The van der Waals surface area contributed by atoms with Crippen LogP contribution in [0, 0.1) is 6.92 Å². The third-order valence-electron chi connectivity index (χ3n) is 4.79. The van der Waals surface area contributed by atoms with Crippen LogP contribution in [-0.2, 0) is 5.41 Å². The molecule has 0 saturated carbocycles. The van der Waals surface area contributed by atoms with Gasteiger partial charge < -0.3 is 0 Å². The quantitative estimate of drug-likeness (QED) is 0.465. The minimum atomic E-state index is 0. The minimum absolute atomic E-state index is 0.